The number of nitrogens with two attached hydrogens (primary N) is 1. The normalized spacial score (nSPS) is 16.2. The second-order valence-electron chi connectivity index (χ2n) is 6.01. The standard InChI is InChI=1S/C16H24N2O2.ClH/c1-16(2,12-17)15(19)18-10-8-14(9-11-18)20-13-6-4-3-5-7-13;/h3-7,14H,8-12,17H2,1-2H3;1H. The van der Waals surface area contributed by atoms with Crippen LogP contribution in [0.25, 0.3) is 0 Å². The van der Waals surface area contributed by atoms with Crippen LogP contribution in [0.2, 0.25) is 0 Å². The molecule has 1 amide bonds. The van der Waals surface area contributed by atoms with Crippen molar-refractivity contribution in [3.8, 4) is 5.75 Å². The van der Waals surface area contributed by atoms with Crippen molar-refractivity contribution in [2.24, 2.45) is 11.1 Å². The first-order chi connectivity index (χ1) is 9.53. The van der Waals surface area contributed by atoms with Crippen molar-refractivity contribution in [3.05, 3.63) is 30.3 Å². The monoisotopic (exact) mass is 312 g/mol. The number of carbonyl (C=O) groups excluding carboxylic acids is 1. The molecule has 1 heterocycles. The van der Waals surface area contributed by atoms with Crippen molar-refractivity contribution in [1.82, 2.24) is 4.90 Å². The molecule has 4 nitrogen and oxygen atoms in total. The van der Waals surface area contributed by atoms with Gasteiger partial charge in [0.05, 0.1) is 5.41 Å². The van der Waals surface area contributed by atoms with Crippen LogP contribution < -0.4 is 10.5 Å². The lowest BCUT2D eigenvalue weighted by molar-refractivity contribution is -0.141. The van der Waals surface area contributed by atoms with Gasteiger partial charge in [0.15, 0.2) is 0 Å². The molecule has 1 aliphatic rings. The Kier molecular flexibility index (Phi) is 6.49. The van der Waals surface area contributed by atoms with Crippen molar-refractivity contribution in [3.63, 3.8) is 0 Å². The topological polar surface area (TPSA) is 55.6 Å². The molecule has 0 atom stereocenters. The average molecular weight is 313 g/mol. The summed E-state index contributed by atoms with van der Waals surface area (Å²) in [6.07, 6.45) is 1.95. The number of likely N-dealkylation sites (tertiary alicyclic amines) is 1. The van der Waals surface area contributed by atoms with Crippen LogP contribution in [0.4, 0.5) is 0 Å². The maximum Gasteiger partial charge on any atom is 0.229 e. The minimum Gasteiger partial charge on any atom is -0.490 e. The molecule has 1 fully saturated rings. The Hall–Kier alpha value is -1.26. The maximum absolute atomic E-state index is 12.3. The summed E-state index contributed by atoms with van der Waals surface area (Å²) >= 11 is 0. The molecule has 1 aromatic rings. The van der Waals surface area contributed by atoms with Gasteiger partial charge in [0.2, 0.25) is 5.91 Å². The molecule has 0 spiro atoms. The van der Waals surface area contributed by atoms with Crippen LogP contribution in [0, 0.1) is 5.41 Å². The molecule has 0 bridgehead atoms. The van der Waals surface area contributed by atoms with Gasteiger partial charge in [-0.3, -0.25) is 4.79 Å². The molecule has 2 N–H and O–H groups in total. The number of halogens is 1. The van der Waals surface area contributed by atoms with Crippen molar-refractivity contribution >= 4 is 18.3 Å². The highest BCUT2D eigenvalue weighted by atomic mass is 35.5. The average Bonchev–Trinajstić information content (AvgIpc) is 2.48. The van der Waals surface area contributed by atoms with E-state index in [0.717, 1.165) is 31.7 Å². The SMILES string of the molecule is CC(C)(CN)C(=O)N1CCC(Oc2ccccc2)CC1.Cl. The van der Waals surface area contributed by atoms with E-state index in [-0.39, 0.29) is 24.4 Å². The molecule has 5 heteroatoms. The number of amides is 1. The molecule has 0 aromatic heterocycles. The Bertz CT molecular complexity index is 443. The van der Waals surface area contributed by atoms with Crippen LogP contribution in [0.1, 0.15) is 26.7 Å². The van der Waals surface area contributed by atoms with Gasteiger partial charge < -0.3 is 15.4 Å². The number of piperidine rings is 1. The van der Waals surface area contributed by atoms with E-state index in [1.807, 2.05) is 49.1 Å². The maximum atomic E-state index is 12.3. The number of nitrogens with zero attached hydrogens (tertiary/aromatic N) is 1. The number of benzene rings is 1. The highest BCUT2D eigenvalue weighted by Gasteiger charge is 2.33. The largest absolute Gasteiger partial charge is 0.490 e. The van der Waals surface area contributed by atoms with Gasteiger partial charge in [0, 0.05) is 32.5 Å². The quantitative estimate of drug-likeness (QED) is 0.929. The summed E-state index contributed by atoms with van der Waals surface area (Å²) < 4.78 is 5.93. The number of hydrogen-bond donors (Lipinski definition) is 1. The summed E-state index contributed by atoms with van der Waals surface area (Å²) in [6, 6.07) is 9.85. The first-order valence-corrected chi connectivity index (χ1v) is 7.24. The van der Waals surface area contributed by atoms with Gasteiger partial charge in [-0.25, -0.2) is 0 Å². The Labute approximate surface area is 133 Å². The lowest BCUT2D eigenvalue weighted by Gasteiger charge is -2.36. The smallest absolute Gasteiger partial charge is 0.229 e. The lowest BCUT2D eigenvalue weighted by atomic mass is 9.90. The zero-order chi connectivity index (χ0) is 14.6. The van der Waals surface area contributed by atoms with Gasteiger partial charge in [0.25, 0.3) is 0 Å². The predicted octanol–water partition coefficient (Wildman–Crippen LogP) is 2.46. The van der Waals surface area contributed by atoms with Crippen LogP contribution in [0.3, 0.4) is 0 Å². The van der Waals surface area contributed by atoms with Gasteiger partial charge >= 0.3 is 0 Å². The highest BCUT2D eigenvalue weighted by molar-refractivity contribution is 5.85. The highest BCUT2D eigenvalue weighted by Crippen LogP contribution is 2.23. The molecule has 1 aromatic carbocycles. The van der Waals surface area contributed by atoms with E-state index in [4.69, 9.17) is 10.5 Å². The fourth-order valence-electron chi connectivity index (χ4n) is 2.38. The number of para-hydroxylation sites is 1. The summed E-state index contributed by atoms with van der Waals surface area (Å²) in [7, 11) is 0. The predicted molar refractivity (Wildman–Crippen MR) is 86.8 cm³/mol. The molecule has 1 saturated heterocycles. The van der Waals surface area contributed by atoms with E-state index < -0.39 is 5.41 Å². The first-order valence-electron chi connectivity index (χ1n) is 7.24. The minimum atomic E-state index is -0.465. The van der Waals surface area contributed by atoms with E-state index in [9.17, 15) is 4.79 Å². The molecule has 1 aliphatic heterocycles. The molecule has 0 radical (unpaired) electrons. The van der Waals surface area contributed by atoms with Gasteiger partial charge in [-0.1, -0.05) is 18.2 Å². The number of ether oxygens (including phenoxy) is 1. The summed E-state index contributed by atoms with van der Waals surface area (Å²) in [5.41, 5.74) is 5.21. The Morgan fingerprint density at radius 3 is 2.38 bits per heavy atom. The summed E-state index contributed by atoms with van der Waals surface area (Å²) in [6.45, 7) is 5.69. The second kappa shape index (κ2) is 7.66. The molecule has 0 unspecified atom stereocenters. The van der Waals surface area contributed by atoms with E-state index in [2.05, 4.69) is 0 Å². The van der Waals surface area contributed by atoms with Crippen molar-refractivity contribution in [1.29, 1.82) is 0 Å². The Morgan fingerprint density at radius 2 is 1.86 bits per heavy atom. The van der Waals surface area contributed by atoms with Crippen LogP contribution in [-0.4, -0.2) is 36.5 Å². The minimum absolute atomic E-state index is 0. The van der Waals surface area contributed by atoms with E-state index in [1.165, 1.54) is 0 Å². The lowest BCUT2D eigenvalue weighted by Crippen LogP contribution is -2.49. The molecular weight excluding hydrogens is 288 g/mol. The van der Waals surface area contributed by atoms with Crippen LogP contribution >= 0.6 is 12.4 Å². The molecule has 0 aliphatic carbocycles. The van der Waals surface area contributed by atoms with Gasteiger partial charge in [-0.15, -0.1) is 12.4 Å². The third-order valence-electron chi connectivity index (χ3n) is 3.86. The number of hydrogen-bond acceptors (Lipinski definition) is 3. The number of rotatable bonds is 4. The van der Waals surface area contributed by atoms with Crippen LogP contribution in [0.5, 0.6) is 5.75 Å². The van der Waals surface area contributed by atoms with Gasteiger partial charge in [-0.05, 0) is 26.0 Å². The van der Waals surface area contributed by atoms with Crippen molar-refractivity contribution in [2.75, 3.05) is 19.6 Å². The summed E-state index contributed by atoms with van der Waals surface area (Å²) in [4.78, 5) is 14.2. The molecule has 2 rings (SSSR count). The summed E-state index contributed by atoms with van der Waals surface area (Å²) in [5, 5.41) is 0. The van der Waals surface area contributed by atoms with E-state index in [1.54, 1.807) is 0 Å². The second-order valence-corrected chi connectivity index (χ2v) is 6.01. The van der Waals surface area contributed by atoms with Crippen molar-refractivity contribution < 1.29 is 9.53 Å². The summed E-state index contributed by atoms with van der Waals surface area (Å²) in [5.74, 6) is 1.05. The molecule has 118 valence electrons. The van der Waals surface area contributed by atoms with E-state index in [0.29, 0.717) is 6.54 Å². The fraction of sp³-hybridized carbons (Fsp3) is 0.562. The van der Waals surface area contributed by atoms with Gasteiger partial charge in [-0.2, -0.15) is 0 Å². The van der Waals surface area contributed by atoms with Crippen LogP contribution in [0.15, 0.2) is 30.3 Å². The van der Waals surface area contributed by atoms with Crippen molar-refractivity contribution in [2.45, 2.75) is 32.8 Å². The zero-order valence-electron chi connectivity index (χ0n) is 12.7. The molecule has 0 saturated carbocycles. The third-order valence-corrected chi connectivity index (χ3v) is 3.86. The van der Waals surface area contributed by atoms with Crippen LogP contribution in [-0.2, 0) is 4.79 Å². The third kappa shape index (κ3) is 4.61. The Morgan fingerprint density at radius 1 is 1.29 bits per heavy atom. The molecular formula is C16H25ClN2O2. The van der Waals surface area contributed by atoms with Gasteiger partial charge in [0.1, 0.15) is 11.9 Å². The Balaban J connectivity index is 0.00000220. The number of carbonyl (C=O) groups is 1. The van der Waals surface area contributed by atoms with E-state index >= 15 is 0 Å². The molecule has 21 heavy (non-hydrogen) atoms. The first kappa shape index (κ1) is 17.8. The zero-order valence-corrected chi connectivity index (χ0v) is 13.6. The fourth-order valence-corrected chi connectivity index (χ4v) is 2.38.